The molecule has 0 saturated heterocycles. The molecule has 0 aliphatic rings. The van der Waals surface area contributed by atoms with Gasteiger partial charge in [-0.05, 0) is 19.1 Å². The van der Waals surface area contributed by atoms with E-state index in [0.717, 1.165) is 5.52 Å². The highest BCUT2D eigenvalue weighted by atomic mass is 16.5. The van der Waals surface area contributed by atoms with Gasteiger partial charge in [0.2, 0.25) is 0 Å². The van der Waals surface area contributed by atoms with Crippen LogP contribution >= 0.6 is 0 Å². The third kappa shape index (κ3) is 3.89. The van der Waals surface area contributed by atoms with E-state index in [9.17, 15) is 4.79 Å². The average Bonchev–Trinajstić information content (AvgIpc) is 3.07. The quantitative estimate of drug-likeness (QED) is 0.614. The molecule has 0 saturated carbocycles. The zero-order valence-electron chi connectivity index (χ0n) is 14.4. The Hall–Kier alpha value is -3.60. The van der Waals surface area contributed by atoms with Gasteiger partial charge in [-0.2, -0.15) is 0 Å². The van der Waals surface area contributed by atoms with Crippen LogP contribution in [0.3, 0.4) is 0 Å². The Labute approximate surface area is 150 Å². The number of aromatic amines is 1. The van der Waals surface area contributed by atoms with Crippen molar-refractivity contribution < 1.29 is 9.53 Å². The van der Waals surface area contributed by atoms with Crippen LogP contribution in [0.4, 0.5) is 5.82 Å². The number of anilines is 1. The minimum absolute atomic E-state index is 0.153. The average molecular weight is 350 g/mol. The maximum absolute atomic E-state index is 12.3. The first-order valence-corrected chi connectivity index (χ1v) is 7.97. The largest absolute Gasteiger partial charge is 0.493 e. The number of ether oxygens (including phenoxy) is 1. The number of methoxy groups -OCH3 is 1. The number of rotatable bonds is 4. The summed E-state index contributed by atoms with van der Waals surface area (Å²) < 4.78 is 5.11. The van der Waals surface area contributed by atoms with E-state index in [-0.39, 0.29) is 17.8 Å². The first-order valence-electron chi connectivity index (χ1n) is 7.97. The van der Waals surface area contributed by atoms with Crippen molar-refractivity contribution in [2.45, 2.75) is 19.4 Å². The zero-order chi connectivity index (χ0) is 18.5. The van der Waals surface area contributed by atoms with Crippen LogP contribution in [-0.4, -0.2) is 39.0 Å². The highest BCUT2D eigenvalue weighted by Gasteiger charge is 2.13. The molecular formula is C18H18N6O2. The Morgan fingerprint density at radius 3 is 3.08 bits per heavy atom. The van der Waals surface area contributed by atoms with Crippen LogP contribution in [0.25, 0.3) is 11.2 Å². The summed E-state index contributed by atoms with van der Waals surface area (Å²) in [5, 5.41) is 2.85. The Morgan fingerprint density at radius 2 is 2.31 bits per heavy atom. The number of H-pyrrole nitrogens is 1. The van der Waals surface area contributed by atoms with E-state index in [1.807, 2.05) is 13.0 Å². The lowest BCUT2D eigenvalue weighted by atomic mass is 10.2. The van der Waals surface area contributed by atoms with Crippen molar-refractivity contribution in [3.63, 3.8) is 0 Å². The zero-order valence-corrected chi connectivity index (χ0v) is 14.4. The molecule has 0 fully saturated rings. The standard InChI is InChI=1S/C18H18N6O2/c1-11(5-3-6-12-9-14(26-2)15(19)21-10-12)22-18(25)17-23-13-7-4-8-20-16(13)24-17/h4,7-11H,5H2,1-2H3,(H2,19,21)(H,22,25)(H,20,23,24)/t11-/m0/s1. The fourth-order valence-electron chi connectivity index (χ4n) is 2.29. The predicted octanol–water partition coefficient (Wildman–Crippen LogP) is 1.50. The maximum Gasteiger partial charge on any atom is 0.287 e. The second-order valence-corrected chi connectivity index (χ2v) is 5.65. The van der Waals surface area contributed by atoms with Gasteiger partial charge in [-0.1, -0.05) is 11.8 Å². The van der Waals surface area contributed by atoms with Gasteiger partial charge in [0.15, 0.2) is 23.0 Å². The Morgan fingerprint density at radius 1 is 1.46 bits per heavy atom. The van der Waals surface area contributed by atoms with Crippen molar-refractivity contribution in [1.29, 1.82) is 0 Å². The van der Waals surface area contributed by atoms with E-state index in [1.54, 1.807) is 24.5 Å². The molecule has 132 valence electrons. The predicted molar refractivity (Wildman–Crippen MR) is 97.5 cm³/mol. The lowest BCUT2D eigenvalue weighted by molar-refractivity contribution is 0.0931. The molecule has 0 aromatic carbocycles. The molecule has 8 nitrogen and oxygen atoms in total. The number of hydrogen-bond donors (Lipinski definition) is 3. The second-order valence-electron chi connectivity index (χ2n) is 5.65. The van der Waals surface area contributed by atoms with Gasteiger partial charge >= 0.3 is 0 Å². The van der Waals surface area contributed by atoms with Crippen LogP contribution in [0.5, 0.6) is 5.75 Å². The highest BCUT2D eigenvalue weighted by Crippen LogP contribution is 2.18. The van der Waals surface area contributed by atoms with Crippen molar-refractivity contribution in [1.82, 2.24) is 25.3 Å². The smallest absolute Gasteiger partial charge is 0.287 e. The summed E-state index contributed by atoms with van der Waals surface area (Å²) in [6.07, 6.45) is 3.68. The summed E-state index contributed by atoms with van der Waals surface area (Å²) in [5.74, 6) is 6.72. The molecule has 26 heavy (non-hydrogen) atoms. The molecule has 0 radical (unpaired) electrons. The van der Waals surface area contributed by atoms with Gasteiger partial charge in [0.05, 0.1) is 12.6 Å². The van der Waals surface area contributed by atoms with Crippen LogP contribution in [0.2, 0.25) is 0 Å². The molecule has 3 aromatic heterocycles. The van der Waals surface area contributed by atoms with Crippen LogP contribution in [-0.2, 0) is 0 Å². The van der Waals surface area contributed by atoms with Crippen molar-refractivity contribution in [2.75, 3.05) is 12.8 Å². The maximum atomic E-state index is 12.3. The minimum Gasteiger partial charge on any atom is -0.493 e. The van der Waals surface area contributed by atoms with Gasteiger partial charge in [-0.3, -0.25) is 4.79 Å². The SMILES string of the molecule is COc1cc(C#CC[C@H](C)NC(=O)c2nc3ncccc3[nH]2)cnc1N. The number of fused-ring (bicyclic) bond motifs is 1. The van der Waals surface area contributed by atoms with Gasteiger partial charge in [0, 0.05) is 36.5 Å². The number of nitrogens with one attached hydrogen (secondary N) is 2. The number of amides is 1. The molecule has 8 heteroatoms. The number of nitrogen functional groups attached to an aromatic ring is 1. The summed E-state index contributed by atoms with van der Waals surface area (Å²) >= 11 is 0. The molecule has 1 atom stereocenters. The molecule has 0 aliphatic carbocycles. The van der Waals surface area contributed by atoms with E-state index in [2.05, 4.69) is 37.1 Å². The molecule has 0 spiro atoms. The van der Waals surface area contributed by atoms with Crippen LogP contribution < -0.4 is 15.8 Å². The fraction of sp³-hybridized carbons (Fsp3) is 0.222. The summed E-state index contributed by atoms with van der Waals surface area (Å²) in [7, 11) is 1.52. The first-order chi connectivity index (χ1) is 12.6. The summed E-state index contributed by atoms with van der Waals surface area (Å²) in [5.41, 5.74) is 7.59. The molecule has 3 rings (SSSR count). The van der Waals surface area contributed by atoms with Crippen LogP contribution in [0, 0.1) is 11.8 Å². The number of carbonyl (C=O) groups excluding carboxylic acids is 1. The van der Waals surface area contributed by atoms with Gasteiger partial charge in [-0.25, -0.2) is 15.0 Å². The Bertz CT molecular complexity index is 969. The minimum atomic E-state index is -0.298. The normalized spacial score (nSPS) is 11.5. The highest BCUT2D eigenvalue weighted by molar-refractivity contribution is 5.93. The number of carbonyl (C=O) groups is 1. The molecule has 3 heterocycles. The van der Waals surface area contributed by atoms with E-state index < -0.39 is 0 Å². The molecule has 1 amide bonds. The van der Waals surface area contributed by atoms with Crippen molar-refractivity contribution in [2.24, 2.45) is 0 Å². The molecular weight excluding hydrogens is 332 g/mol. The van der Waals surface area contributed by atoms with Crippen LogP contribution in [0.15, 0.2) is 30.6 Å². The molecule has 0 aliphatic heterocycles. The number of nitrogens with two attached hydrogens (primary N) is 1. The first kappa shape index (κ1) is 17.2. The lowest BCUT2D eigenvalue weighted by Crippen LogP contribution is -2.32. The van der Waals surface area contributed by atoms with Crippen molar-refractivity contribution >= 4 is 22.9 Å². The number of pyridine rings is 2. The van der Waals surface area contributed by atoms with Crippen molar-refractivity contribution in [3.05, 3.63) is 42.0 Å². The van der Waals surface area contributed by atoms with E-state index in [1.165, 1.54) is 7.11 Å². The van der Waals surface area contributed by atoms with Gasteiger partial charge < -0.3 is 20.8 Å². The van der Waals surface area contributed by atoms with Crippen molar-refractivity contribution in [3.8, 4) is 17.6 Å². The molecule has 0 bridgehead atoms. The summed E-state index contributed by atoms with van der Waals surface area (Å²) in [6.45, 7) is 1.87. The van der Waals surface area contributed by atoms with Gasteiger partial charge in [0.25, 0.3) is 5.91 Å². The number of aromatic nitrogens is 4. The Balaban J connectivity index is 1.60. The third-order valence-electron chi connectivity index (χ3n) is 3.59. The summed E-state index contributed by atoms with van der Waals surface area (Å²) in [4.78, 5) is 27.5. The Kier molecular flexibility index (Phi) is 4.99. The van der Waals surface area contributed by atoms with E-state index in [0.29, 0.717) is 29.2 Å². The monoisotopic (exact) mass is 350 g/mol. The fourth-order valence-corrected chi connectivity index (χ4v) is 2.29. The van der Waals surface area contributed by atoms with Gasteiger partial charge in [-0.15, -0.1) is 0 Å². The third-order valence-corrected chi connectivity index (χ3v) is 3.59. The topological polar surface area (TPSA) is 119 Å². The lowest BCUT2D eigenvalue weighted by Gasteiger charge is -2.08. The van der Waals surface area contributed by atoms with E-state index in [4.69, 9.17) is 10.5 Å². The summed E-state index contributed by atoms with van der Waals surface area (Å²) in [6, 6.07) is 5.16. The number of hydrogen-bond acceptors (Lipinski definition) is 6. The number of nitrogens with zero attached hydrogens (tertiary/aromatic N) is 3. The molecule has 0 unspecified atom stereocenters. The molecule has 3 aromatic rings. The van der Waals surface area contributed by atoms with Crippen LogP contribution in [0.1, 0.15) is 29.5 Å². The molecule has 4 N–H and O–H groups in total. The van der Waals surface area contributed by atoms with Gasteiger partial charge in [0.1, 0.15) is 0 Å². The second kappa shape index (κ2) is 7.53. The number of imidazole rings is 1. The van der Waals surface area contributed by atoms with E-state index >= 15 is 0 Å².